The Morgan fingerprint density at radius 1 is 1.36 bits per heavy atom. The van der Waals surface area contributed by atoms with Crippen LogP contribution in [0.15, 0.2) is 17.2 Å². The maximum atomic E-state index is 12.9. The molecular formula is C14H22N4O3S. The van der Waals surface area contributed by atoms with Crippen LogP contribution in [0.2, 0.25) is 0 Å². The Bertz CT molecular complexity index is 697. The minimum Gasteiger partial charge on any atom is -0.364 e. The number of hydrogen-bond donors (Lipinski definition) is 1. The van der Waals surface area contributed by atoms with Crippen LogP contribution in [-0.2, 0) is 17.1 Å². The first-order valence-corrected chi connectivity index (χ1v) is 8.97. The molecule has 2 N–H and O–H groups in total. The van der Waals surface area contributed by atoms with E-state index in [-0.39, 0.29) is 16.6 Å². The number of aryl methyl sites for hydroxylation is 1. The third-order valence-corrected chi connectivity index (χ3v) is 6.66. The highest BCUT2D eigenvalue weighted by atomic mass is 32.2. The third kappa shape index (κ3) is 2.45. The minimum absolute atomic E-state index is 0.0726. The van der Waals surface area contributed by atoms with Gasteiger partial charge in [-0.15, -0.1) is 0 Å². The number of piperazine rings is 1. The van der Waals surface area contributed by atoms with Crippen LogP contribution in [0.5, 0.6) is 0 Å². The molecule has 2 saturated heterocycles. The Morgan fingerprint density at radius 3 is 2.73 bits per heavy atom. The van der Waals surface area contributed by atoms with Gasteiger partial charge in [0.1, 0.15) is 10.6 Å². The Labute approximate surface area is 130 Å². The fourth-order valence-corrected chi connectivity index (χ4v) is 5.28. The fourth-order valence-electron chi connectivity index (χ4n) is 3.55. The van der Waals surface area contributed by atoms with Gasteiger partial charge in [-0.2, -0.15) is 4.31 Å². The Hall–Kier alpha value is -1.38. The van der Waals surface area contributed by atoms with E-state index in [4.69, 9.17) is 5.73 Å². The van der Waals surface area contributed by atoms with Crippen molar-refractivity contribution in [3.05, 3.63) is 18.0 Å². The van der Waals surface area contributed by atoms with Crippen LogP contribution in [0, 0.1) is 0 Å². The molecule has 8 heteroatoms. The summed E-state index contributed by atoms with van der Waals surface area (Å²) < 4.78 is 28.9. The number of carbonyl (C=O) groups excluding carboxylic acids is 1. The number of rotatable bonds is 3. The van der Waals surface area contributed by atoms with Gasteiger partial charge < -0.3 is 10.3 Å². The first-order chi connectivity index (χ1) is 10.3. The lowest BCUT2D eigenvalue weighted by Gasteiger charge is -2.41. The number of aromatic nitrogens is 1. The standard InChI is InChI=1S/C14H22N4O3S/c1-10-7-17-5-3-4-11(17)8-18(10)22(20,21)12-6-13(14(15)19)16(2)9-12/h6,9-11H,3-5,7-8H2,1-2H3,(H2,15,19)/t10-,11+/m0/s1. The summed E-state index contributed by atoms with van der Waals surface area (Å²) in [6, 6.07) is 1.60. The van der Waals surface area contributed by atoms with Gasteiger partial charge in [-0.3, -0.25) is 9.69 Å². The molecule has 2 aliphatic heterocycles. The number of primary amides is 1. The largest absolute Gasteiger partial charge is 0.364 e. The van der Waals surface area contributed by atoms with E-state index >= 15 is 0 Å². The number of fused-ring (bicyclic) bond motifs is 1. The number of nitrogens with zero attached hydrogens (tertiary/aromatic N) is 3. The second-order valence-electron chi connectivity index (χ2n) is 6.25. The van der Waals surface area contributed by atoms with E-state index in [9.17, 15) is 13.2 Å². The van der Waals surface area contributed by atoms with Crippen LogP contribution in [-0.4, -0.2) is 59.8 Å². The maximum Gasteiger partial charge on any atom is 0.265 e. The number of hydrogen-bond acceptors (Lipinski definition) is 4. The highest BCUT2D eigenvalue weighted by Gasteiger charge is 2.40. The molecule has 0 unspecified atom stereocenters. The number of sulfonamides is 1. The quantitative estimate of drug-likeness (QED) is 0.845. The van der Waals surface area contributed by atoms with Gasteiger partial charge in [0.2, 0.25) is 10.0 Å². The second-order valence-corrected chi connectivity index (χ2v) is 8.14. The van der Waals surface area contributed by atoms with Crippen LogP contribution in [0.4, 0.5) is 0 Å². The summed E-state index contributed by atoms with van der Waals surface area (Å²) in [4.78, 5) is 13.9. The predicted octanol–water partition coefficient (Wildman–Crippen LogP) is -0.0188. The zero-order valence-electron chi connectivity index (χ0n) is 12.9. The molecule has 122 valence electrons. The van der Waals surface area contributed by atoms with Crippen molar-refractivity contribution in [3.8, 4) is 0 Å². The molecule has 0 radical (unpaired) electrons. The zero-order chi connectivity index (χ0) is 16.1. The van der Waals surface area contributed by atoms with Gasteiger partial charge in [0, 0.05) is 38.4 Å². The van der Waals surface area contributed by atoms with Crippen molar-refractivity contribution in [1.82, 2.24) is 13.8 Å². The highest BCUT2D eigenvalue weighted by molar-refractivity contribution is 7.89. The van der Waals surface area contributed by atoms with Crippen molar-refractivity contribution in [2.45, 2.75) is 36.7 Å². The molecule has 1 aromatic heterocycles. The summed E-state index contributed by atoms with van der Waals surface area (Å²) in [6.07, 6.45) is 3.63. The molecule has 1 aromatic rings. The molecule has 22 heavy (non-hydrogen) atoms. The van der Waals surface area contributed by atoms with Crippen LogP contribution < -0.4 is 5.73 Å². The molecule has 7 nitrogen and oxygen atoms in total. The molecule has 1 amide bonds. The molecule has 0 bridgehead atoms. The monoisotopic (exact) mass is 326 g/mol. The smallest absolute Gasteiger partial charge is 0.265 e. The number of carbonyl (C=O) groups is 1. The van der Waals surface area contributed by atoms with Gasteiger partial charge in [-0.05, 0) is 32.4 Å². The normalized spacial score (nSPS) is 27.0. The van der Waals surface area contributed by atoms with Gasteiger partial charge in [-0.1, -0.05) is 0 Å². The van der Waals surface area contributed by atoms with Crippen LogP contribution >= 0.6 is 0 Å². The minimum atomic E-state index is -3.61. The topological polar surface area (TPSA) is 88.6 Å². The van der Waals surface area contributed by atoms with Gasteiger partial charge in [0.15, 0.2) is 0 Å². The first kappa shape index (κ1) is 15.5. The van der Waals surface area contributed by atoms with Crippen molar-refractivity contribution in [1.29, 1.82) is 0 Å². The van der Waals surface area contributed by atoms with E-state index in [0.29, 0.717) is 12.6 Å². The summed E-state index contributed by atoms with van der Waals surface area (Å²) in [5, 5.41) is 0. The van der Waals surface area contributed by atoms with E-state index in [1.54, 1.807) is 11.4 Å². The van der Waals surface area contributed by atoms with E-state index in [0.717, 1.165) is 25.9 Å². The summed E-state index contributed by atoms with van der Waals surface area (Å²) in [5.41, 5.74) is 5.47. The van der Waals surface area contributed by atoms with Gasteiger partial charge >= 0.3 is 0 Å². The Morgan fingerprint density at radius 2 is 2.09 bits per heavy atom. The van der Waals surface area contributed by atoms with Crippen LogP contribution in [0.3, 0.4) is 0 Å². The van der Waals surface area contributed by atoms with Gasteiger partial charge in [-0.25, -0.2) is 8.42 Å². The maximum absolute atomic E-state index is 12.9. The lowest BCUT2D eigenvalue weighted by atomic mass is 10.1. The summed E-state index contributed by atoms with van der Waals surface area (Å²) in [6.45, 7) is 4.27. The van der Waals surface area contributed by atoms with Gasteiger partial charge in [0.05, 0.1) is 0 Å². The molecule has 0 saturated carbocycles. The summed E-state index contributed by atoms with van der Waals surface area (Å²) in [7, 11) is -1.98. The molecule has 3 heterocycles. The van der Waals surface area contributed by atoms with Gasteiger partial charge in [0.25, 0.3) is 5.91 Å². The predicted molar refractivity (Wildman–Crippen MR) is 81.9 cm³/mol. The molecular weight excluding hydrogens is 304 g/mol. The average molecular weight is 326 g/mol. The van der Waals surface area contributed by atoms with Crippen LogP contribution in [0.1, 0.15) is 30.3 Å². The van der Waals surface area contributed by atoms with E-state index in [1.165, 1.54) is 16.8 Å². The molecule has 2 aliphatic rings. The second kappa shape index (κ2) is 5.36. The lowest BCUT2D eigenvalue weighted by molar-refractivity contribution is 0.0992. The Balaban J connectivity index is 1.92. The molecule has 2 fully saturated rings. The third-order valence-electron chi connectivity index (χ3n) is 4.72. The molecule has 3 rings (SSSR count). The molecule has 0 aliphatic carbocycles. The van der Waals surface area contributed by atoms with Crippen molar-refractivity contribution in [2.24, 2.45) is 12.8 Å². The van der Waals surface area contributed by atoms with Crippen molar-refractivity contribution >= 4 is 15.9 Å². The highest BCUT2D eigenvalue weighted by Crippen LogP contribution is 2.29. The van der Waals surface area contributed by atoms with Crippen LogP contribution in [0.25, 0.3) is 0 Å². The van der Waals surface area contributed by atoms with Crippen molar-refractivity contribution in [2.75, 3.05) is 19.6 Å². The molecule has 2 atom stereocenters. The van der Waals surface area contributed by atoms with E-state index in [1.807, 2.05) is 6.92 Å². The van der Waals surface area contributed by atoms with Crippen molar-refractivity contribution < 1.29 is 13.2 Å². The summed E-state index contributed by atoms with van der Waals surface area (Å²) in [5.74, 6) is -0.627. The fraction of sp³-hybridized carbons (Fsp3) is 0.643. The SMILES string of the molecule is C[C@H]1CN2CCC[C@@H]2CN1S(=O)(=O)c1cc(C(N)=O)n(C)c1. The number of nitrogens with two attached hydrogens (primary N) is 1. The zero-order valence-corrected chi connectivity index (χ0v) is 13.7. The number of amides is 1. The van der Waals surface area contributed by atoms with Crippen molar-refractivity contribution in [3.63, 3.8) is 0 Å². The molecule has 0 spiro atoms. The average Bonchev–Trinajstić information content (AvgIpc) is 3.03. The molecule has 0 aromatic carbocycles. The first-order valence-electron chi connectivity index (χ1n) is 7.53. The van der Waals surface area contributed by atoms with E-state index < -0.39 is 15.9 Å². The summed E-state index contributed by atoms with van der Waals surface area (Å²) >= 11 is 0. The van der Waals surface area contributed by atoms with E-state index in [2.05, 4.69) is 4.90 Å². The Kier molecular flexibility index (Phi) is 3.78. The lowest BCUT2D eigenvalue weighted by Crippen LogP contribution is -2.56.